The van der Waals surface area contributed by atoms with Crippen LogP contribution in [0.2, 0.25) is 0 Å². The summed E-state index contributed by atoms with van der Waals surface area (Å²) >= 11 is 1.72. The molecule has 3 N–H and O–H groups in total. The van der Waals surface area contributed by atoms with E-state index in [0.29, 0.717) is 0 Å². The standard InChI is InChI=1S/C11H16N4S/c1-2-15-8-9(7-13-15)6-10(14-12)11-4-3-5-16-11/h3-5,7-8,10,14H,2,6,12H2,1H3. The molecule has 2 aromatic heterocycles. The van der Waals surface area contributed by atoms with Crippen LogP contribution in [0.1, 0.15) is 23.4 Å². The number of aromatic nitrogens is 2. The quantitative estimate of drug-likeness (QED) is 0.614. The molecule has 1 unspecified atom stereocenters. The molecule has 0 radical (unpaired) electrons. The number of nitrogens with zero attached hydrogens (tertiary/aromatic N) is 2. The first kappa shape index (κ1) is 11.3. The molecule has 0 fully saturated rings. The predicted octanol–water partition coefficient (Wildman–Crippen LogP) is 1.71. The van der Waals surface area contributed by atoms with Crippen molar-refractivity contribution in [1.82, 2.24) is 15.2 Å². The largest absolute Gasteiger partial charge is 0.273 e. The average molecular weight is 236 g/mol. The summed E-state index contributed by atoms with van der Waals surface area (Å²) in [7, 11) is 0. The molecule has 0 aliphatic carbocycles. The molecule has 2 heterocycles. The number of thiophene rings is 1. The molecule has 0 aromatic carbocycles. The summed E-state index contributed by atoms with van der Waals surface area (Å²) in [6.07, 6.45) is 4.84. The summed E-state index contributed by atoms with van der Waals surface area (Å²) in [6.45, 7) is 2.98. The van der Waals surface area contributed by atoms with E-state index in [1.54, 1.807) is 11.3 Å². The number of nitrogens with two attached hydrogens (primary N) is 1. The molecule has 86 valence electrons. The molecule has 0 saturated carbocycles. The third-order valence-corrected chi connectivity index (χ3v) is 3.52. The molecule has 0 amide bonds. The van der Waals surface area contributed by atoms with Crippen LogP contribution in [0.4, 0.5) is 0 Å². The number of hydrogen-bond acceptors (Lipinski definition) is 4. The second-order valence-electron chi connectivity index (χ2n) is 3.64. The molecule has 0 aliphatic rings. The van der Waals surface area contributed by atoms with Crippen molar-refractivity contribution in [2.75, 3.05) is 0 Å². The first-order valence-electron chi connectivity index (χ1n) is 5.34. The Hall–Kier alpha value is -1.17. The van der Waals surface area contributed by atoms with Gasteiger partial charge in [-0.15, -0.1) is 11.3 Å². The average Bonchev–Trinajstić information content (AvgIpc) is 2.96. The van der Waals surface area contributed by atoms with Crippen LogP contribution in [0.25, 0.3) is 0 Å². The first-order chi connectivity index (χ1) is 7.83. The number of rotatable bonds is 5. The van der Waals surface area contributed by atoms with Gasteiger partial charge >= 0.3 is 0 Å². The Balaban J connectivity index is 2.07. The minimum absolute atomic E-state index is 0.175. The van der Waals surface area contributed by atoms with Gasteiger partial charge in [-0.1, -0.05) is 6.07 Å². The lowest BCUT2D eigenvalue weighted by molar-refractivity contribution is 0.560. The van der Waals surface area contributed by atoms with Crippen LogP contribution in [0.15, 0.2) is 29.9 Å². The van der Waals surface area contributed by atoms with Gasteiger partial charge in [-0.05, 0) is 30.4 Å². The third-order valence-electron chi connectivity index (χ3n) is 2.54. The molecule has 2 aromatic rings. The number of hydrazine groups is 1. The second-order valence-corrected chi connectivity index (χ2v) is 4.62. The molecule has 0 saturated heterocycles. The van der Waals surface area contributed by atoms with Gasteiger partial charge in [0, 0.05) is 17.6 Å². The zero-order valence-electron chi connectivity index (χ0n) is 9.26. The topological polar surface area (TPSA) is 55.9 Å². The second kappa shape index (κ2) is 5.25. The van der Waals surface area contributed by atoms with Crippen LogP contribution in [-0.2, 0) is 13.0 Å². The molecule has 1 atom stereocenters. The molecular weight excluding hydrogens is 220 g/mol. The van der Waals surface area contributed by atoms with Gasteiger partial charge < -0.3 is 0 Å². The van der Waals surface area contributed by atoms with E-state index in [0.717, 1.165) is 13.0 Å². The fourth-order valence-corrected chi connectivity index (χ4v) is 2.44. The van der Waals surface area contributed by atoms with E-state index in [2.05, 4.69) is 35.1 Å². The van der Waals surface area contributed by atoms with E-state index in [-0.39, 0.29) is 6.04 Å². The Morgan fingerprint density at radius 2 is 2.50 bits per heavy atom. The lowest BCUT2D eigenvalue weighted by Gasteiger charge is -2.12. The maximum atomic E-state index is 5.58. The van der Waals surface area contributed by atoms with Gasteiger partial charge in [0.1, 0.15) is 0 Å². The lowest BCUT2D eigenvalue weighted by atomic mass is 10.1. The highest BCUT2D eigenvalue weighted by Crippen LogP contribution is 2.21. The van der Waals surface area contributed by atoms with Gasteiger partial charge in [-0.25, -0.2) is 0 Å². The monoisotopic (exact) mass is 236 g/mol. The van der Waals surface area contributed by atoms with Crippen molar-refractivity contribution in [1.29, 1.82) is 0 Å². The molecule has 4 nitrogen and oxygen atoms in total. The van der Waals surface area contributed by atoms with Gasteiger partial charge in [0.05, 0.1) is 12.2 Å². The normalized spacial score (nSPS) is 12.9. The fourth-order valence-electron chi connectivity index (χ4n) is 1.65. The highest BCUT2D eigenvalue weighted by molar-refractivity contribution is 7.10. The van der Waals surface area contributed by atoms with Crippen LogP contribution in [0.5, 0.6) is 0 Å². The van der Waals surface area contributed by atoms with Gasteiger partial charge in [0.15, 0.2) is 0 Å². The van der Waals surface area contributed by atoms with Gasteiger partial charge in [0.25, 0.3) is 0 Å². The highest BCUT2D eigenvalue weighted by Gasteiger charge is 2.12. The fraction of sp³-hybridized carbons (Fsp3) is 0.364. The maximum absolute atomic E-state index is 5.58. The Bertz CT molecular complexity index is 421. The summed E-state index contributed by atoms with van der Waals surface area (Å²) in [5, 5.41) is 6.32. The van der Waals surface area contributed by atoms with Crippen molar-refractivity contribution >= 4 is 11.3 Å². The predicted molar refractivity (Wildman–Crippen MR) is 66.0 cm³/mol. The summed E-state index contributed by atoms with van der Waals surface area (Å²) in [5.74, 6) is 5.58. The van der Waals surface area contributed by atoms with Crippen molar-refractivity contribution in [2.24, 2.45) is 5.84 Å². The molecular formula is C11H16N4S. The highest BCUT2D eigenvalue weighted by atomic mass is 32.1. The van der Waals surface area contributed by atoms with Crippen molar-refractivity contribution in [3.63, 3.8) is 0 Å². The Kier molecular flexibility index (Phi) is 3.71. The Morgan fingerprint density at radius 3 is 3.06 bits per heavy atom. The number of hydrogen-bond donors (Lipinski definition) is 2. The van der Waals surface area contributed by atoms with E-state index < -0.39 is 0 Å². The first-order valence-corrected chi connectivity index (χ1v) is 6.22. The van der Waals surface area contributed by atoms with E-state index in [9.17, 15) is 0 Å². The van der Waals surface area contributed by atoms with Crippen molar-refractivity contribution in [2.45, 2.75) is 25.9 Å². The van der Waals surface area contributed by atoms with E-state index in [1.165, 1.54) is 10.4 Å². The van der Waals surface area contributed by atoms with E-state index in [1.807, 2.05) is 16.9 Å². The van der Waals surface area contributed by atoms with Crippen molar-refractivity contribution < 1.29 is 0 Å². The maximum Gasteiger partial charge on any atom is 0.0594 e. The smallest absolute Gasteiger partial charge is 0.0594 e. The molecule has 0 spiro atoms. The summed E-state index contributed by atoms with van der Waals surface area (Å²) in [6, 6.07) is 4.31. The Morgan fingerprint density at radius 1 is 1.62 bits per heavy atom. The lowest BCUT2D eigenvalue weighted by Crippen LogP contribution is -2.28. The van der Waals surface area contributed by atoms with E-state index in [4.69, 9.17) is 5.84 Å². The van der Waals surface area contributed by atoms with E-state index >= 15 is 0 Å². The number of nitrogens with one attached hydrogen (secondary N) is 1. The molecule has 2 rings (SSSR count). The van der Waals surface area contributed by atoms with Crippen LogP contribution in [0, 0.1) is 0 Å². The van der Waals surface area contributed by atoms with Gasteiger partial charge in [-0.2, -0.15) is 5.10 Å². The zero-order chi connectivity index (χ0) is 11.4. The summed E-state index contributed by atoms with van der Waals surface area (Å²) in [4.78, 5) is 1.26. The van der Waals surface area contributed by atoms with Crippen LogP contribution < -0.4 is 11.3 Å². The molecule has 0 bridgehead atoms. The number of aryl methyl sites for hydroxylation is 1. The van der Waals surface area contributed by atoms with Crippen LogP contribution >= 0.6 is 11.3 Å². The Labute approximate surface area is 99.1 Å². The molecule has 0 aliphatic heterocycles. The summed E-state index contributed by atoms with van der Waals surface area (Å²) in [5.41, 5.74) is 4.06. The SMILES string of the molecule is CCn1cc(CC(NN)c2cccs2)cn1. The molecule has 5 heteroatoms. The van der Waals surface area contributed by atoms with Crippen molar-refractivity contribution in [3.05, 3.63) is 40.3 Å². The van der Waals surface area contributed by atoms with Gasteiger partial charge in [-0.3, -0.25) is 16.0 Å². The molecule has 16 heavy (non-hydrogen) atoms. The van der Waals surface area contributed by atoms with Crippen molar-refractivity contribution in [3.8, 4) is 0 Å². The third kappa shape index (κ3) is 2.49. The summed E-state index contributed by atoms with van der Waals surface area (Å²) < 4.78 is 1.93. The minimum Gasteiger partial charge on any atom is -0.273 e. The van der Waals surface area contributed by atoms with Crippen LogP contribution in [-0.4, -0.2) is 9.78 Å². The zero-order valence-corrected chi connectivity index (χ0v) is 10.1. The minimum atomic E-state index is 0.175. The van der Waals surface area contributed by atoms with Gasteiger partial charge in [0.2, 0.25) is 0 Å². The van der Waals surface area contributed by atoms with Crippen LogP contribution in [0.3, 0.4) is 0 Å².